The van der Waals surface area contributed by atoms with E-state index in [1.807, 2.05) is 0 Å². The first kappa shape index (κ1) is 19.5. The highest BCUT2D eigenvalue weighted by molar-refractivity contribution is 6.42. The van der Waals surface area contributed by atoms with Crippen molar-refractivity contribution < 1.29 is 22.7 Å². The molecule has 0 unspecified atom stereocenters. The highest BCUT2D eigenvalue weighted by Gasteiger charge is 2.31. The van der Waals surface area contributed by atoms with Crippen LogP contribution in [0.3, 0.4) is 0 Å². The van der Waals surface area contributed by atoms with Crippen molar-refractivity contribution in [2.24, 2.45) is 0 Å². The lowest BCUT2D eigenvalue weighted by Gasteiger charge is -2.12. The minimum atomic E-state index is -4.49. The normalized spacial score (nSPS) is 11.8. The summed E-state index contributed by atoms with van der Waals surface area (Å²) in [4.78, 5) is 16.7. The summed E-state index contributed by atoms with van der Waals surface area (Å²) in [6.07, 6.45) is -5.77. The Morgan fingerprint density at radius 1 is 1.19 bits per heavy atom. The number of hydrogen-bond donors (Lipinski definition) is 0. The number of methoxy groups -OCH3 is 1. The second kappa shape index (κ2) is 7.40. The van der Waals surface area contributed by atoms with E-state index in [0.717, 1.165) is 0 Å². The number of halogens is 5. The molecule has 0 atom stereocenters. The van der Waals surface area contributed by atoms with Gasteiger partial charge in [-0.2, -0.15) is 13.2 Å². The van der Waals surface area contributed by atoms with E-state index in [1.54, 1.807) is 24.3 Å². The highest BCUT2D eigenvalue weighted by atomic mass is 35.5. The zero-order valence-corrected chi connectivity index (χ0v) is 15.5. The Kier molecular flexibility index (Phi) is 5.35. The lowest BCUT2D eigenvalue weighted by Crippen LogP contribution is -2.19. The fourth-order valence-electron chi connectivity index (χ4n) is 2.76. The number of nitrogens with zero attached hydrogens (tertiary/aromatic N) is 2. The Balaban J connectivity index is 2.09. The van der Waals surface area contributed by atoms with Crippen LogP contribution in [0.5, 0.6) is 5.75 Å². The van der Waals surface area contributed by atoms with Crippen LogP contribution >= 0.6 is 23.2 Å². The first-order chi connectivity index (χ1) is 12.7. The highest BCUT2D eigenvalue weighted by Crippen LogP contribution is 2.31. The lowest BCUT2D eigenvalue weighted by atomic mass is 10.1. The van der Waals surface area contributed by atoms with E-state index in [9.17, 15) is 18.0 Å². The molecule has 0 aliphatic carbocycles. The van der Waals surface area contributed by atoms with Gasteiger partial charge in [-0.1, -0.05) is 35.3 Å². The molecule has 1 heterocycles. The molecule has 0 aliphatic rings. The number of carbonyl (C=O) groups excluding carboxylic acids is 1. The van der Waals surface area contributed by atoms with Gasteiger partial charge >= 0.3 is 6.18 Å². The first-order valence-corrected chi connectivity index (χ1v) is 8.52. The molecule has 0 saturated heterocycles. The number of aromatic nitrogens is 2. The van der Waals surface area contributed by atoms with Gasteiger partial charge in [-0.3, -0.25) is 4.79 Å². The maximum Gasteiger partial charge on any atom is 0.396 e. The van der Waals surface area contributed by atoms with Gasteiger partial charge in [0.05, 0.1) is 40.3 Å². The van der Waals surface area contributed by atoms with Crippen molar-refractivity contribution in [2.45, 2.75) is 19.1 Å². The molecular weight excluding hydrogens is 404 g/mol. The van der Waals surface area contributed by atoms with Crippen LogP contribution in [-0.2, 0) is 13.0 Å². The zero-order chi connectivity index (χ0) is 19.8. The number of rotatable bonds is 5. The molecule has 9 heteroatoms. The first-order valence-electron chi connectivity index (χ1n) is 7.76. The molecule has 2 aromatic carbocycles. The molecule has 0 bridgehead atoms. The molecule has 0 fully saturated rings. The number of fused-ring (bicyclic) bond motifs is 1. The molecule has 27 heavy (non-hydrogen) atoms. The Morgan fingerprint density at radius 2 is 1.85 bits per heavy atom. The van der Waals surface area contributed by atoms with Crippen molar-refractivity contribution >= 4 is 40.0 Å². The minimum absolute atomic E-state index is 0.161. The van der Waals surface area contributed by atoms with Crippen molar-refractivity contribution in [2.75, 3.05) is 7.11 Å². The van der Waals surface area contributed by atoms with Crippen molar-refractivity contribution in [3.05, 3.63) is 57.8 Å². The van der Waals surface area contributed by atoms with Crippen LogP contribution in [0.1, 0.15) is 16.2 Å². The molecule has 4 nitrogen and oxygen atoms in total. The molecule has 0 spiro atoms. The summed E-state index contributed by atoms with van der Waals surface area (Å²) in [6, 6.07) is 9.28. The predicted octanol–water partition coefficient (Wildman–Crippen LogP) is 5.34. The van der Waals surface area contributed by atoms with Crippen LogP contribution in [-0.4, -0.2) is 28.6 Å². The average molecular weight is 417 g/mol. The third-order valence-corrected chi connectivity index (χ3v) is 4.66. The second-order valence-corrected chi connectivity index (χ2v) is 6.60. The molecule has 3 aromatic rings. The van der Waals surface area contributed by atoms with Crippen molar-refractivity contribution in [3.8, 4) is 5.75 Å². The van der Waals surface area contributed by atoms with E-state index in [0.29, 0.717) is 11.3 Å². The van der Waals surface area contributed by atoms with E-state index >= 15 is 0 Å². The molecule has 0 amide bonds. The molecular formula is C18H13Cl2F3N2O2. The summed E-state index contributed by atoms with van der Waals surface area (Å²) in [7, 11) is 1.41. The Hall–Kier alpha value is -2.25. The number of para-hydroxylation sites is 1. The molecule has 0 saturated carbocycles. The van der Waals surface area contributed by atoms with Gasteiger partial charge in [0.2, 0.25) is 0 Å². The number of benzene rings is 2. The van der Waals surface area contributed by atoms with Crippen molar-refractivity contribution in [1.29, 1.82) is 0 Å². The van der Waals surface area contributed by atoms with E-state index in [-0.39, 0.29) is 33.5 Å². The third kappa shape index (κ3) is 4.20. The topological polar surface area (TPSA) is 44.1 Å². The Labute approximate surface area is 162 Å². The van der Waals surface area contributed by atoms with E-state index < -0.39 is 18.4 Å². The molecule has 1 aromatic heterocycles. The maximum atomic E-state index is 13.0. The van der Waals surface area contributed by atoms with Gasteiger partial charge in [0.15, 0.2) is 5.78 Å². The predicted molar refractivity (Wildman–Crippen MR) is 96.8 cm³/mol. The molecule has 0 radical (unpaired) electrons. The summed E-state index contributed by atoms with van der Waals surface area (Å²) in [5, 5.41) is 0.331. The summed E-state index contributed by atoms with van der Waals surface area (Å²) < 4.78 is 45.3. The Bertz CT molecular complexity index is 1020. The van der Waals surface area contributed by atoms with E-state index in [1.165, 1.54) is 23.8 Å². The average Bonchev–Trinajstić information content (AvgIpc) is 2.90. The number of Topliss-reactive ketones (excluding diaryl/α,β-unsaturated/α-hetero) is 1. The lowest BCUT2D eigenvalue weighted by molar-refractivity contribution is -0.128. The third-order valence-electron chi connectivity index (χ3n) is 3.94. The number of ketones is 1. The quantitative estimate of drug-likeness (QED) is 0.527. The monoisotopic (exact) mass is 416 g/mol. The van der Waals surface area contributed by atoms with Gasteiger partial charge in [0.1, 0.15) is 18.0 Å². The van der Waals surface area contributed by atoms with Gasteiger partial charge in [0, 0.05) is 0 Å². The number of alkyl halides is 3. The van der Waals surface area contributed by atoms with Crippen LogP contribution in [0.15, 0.2) is 36.4 Å². The summed E-state index contributed by atoms with van der Waals surface area (Å²) in [6.45, 7) is -0.347. The minimum Gasteiger partial charge on any atom is -0.496 e. The standard InChI is InChI=1S/C18H13Cl2F3N2O2/c1-27-16-5-3-2-4-10(16)15(26)9-25-14-7-12(20)11(19)6-13(14)24-17(25)8-18(21,22)23/h2-7H,8-9H2,1H3. The van der Waals surface area contributed by atoms with Crippen LogP contribution in [0.2, 0.25) is 10.0 Å². The molecule has 0 aliphatic heterocycles. The fourth-order valence-corrected chi connectivity index (χ4v) is 3.08. The SMILES string of the molecule is COc1ccccc1C(=O)Cn1c(CC(F)(F)F)nc2cc(Cl)c(Cl)cc21. The molecule has 3 rings (SSSR count). The van der Waals surface area contributed by atoms with E-state index in [4.69, 9.17) is 27.9 Å². The molecule has 0 N–H and O–H groups in total. The van der Waals surface area contributed by atoms with Gasteiger partial charge in [0.25, 0.3) is 0 Å². The maximum absolute atomic E-state index is 13.0. The van der Waals surface area contributed by atoms with Crippen LogP contribution in [0, 0.1) is 0 Å². The number of hydrogen-bond acceptors (Lipinski definition) is 3. The number of ether oxygens (including phenoxy) is 1. The van der Waals surface area contributed by atoms with Crippen molar-refractivity contribution in [3.63, 3.8) is 0 Å². The summed E-state index contributed by atoms with van der Waals surface area (Å²) >= 11 is 11.9. The number of carbonyl (C=O) groups is 1. The Morgan fingerprint density at radius 3 is 2.52 bits per heavy atom. The van der Waals surface area contributed by atoms with E-state index in [2.05, 4.69) is 4.98 Å². The fraction of sp³-hybridized carbons (Fsp3) is 0.222. The van der Waals surface area contributed by atoms with Gasteiger partial charge in [-0.05, 0) is 24.3 Å². The summed E-state index contributed by atoms with van der Waals surface area (Å²) in [5.41, 5.74) is 0.795. The van der Waals surface area contributed by atoms with Crippen LogP contribution in [0.4, 0.5) is 13.2 Å². The molecule has 142 valence electrons. The second-order valence-electron chi connectivity index (χ2n) is 5.78. The van der Waals surface area contributed by atoms with Gasteiger partial charge < -0.3 is 9.30 Å². The summed E-state index contributed by atoms with van der Waals surface area (Å²) in [5.74, 6) is -0.370. The zero-order valence-electron chi connectivity index (χ0n) is 14.0. The smallest absolute Gasteiger partial charge is 0.396 e. The van der Waals surface area contributed by atoms with Gasteiger partial charge in [-0.25, -0.2) is 4.98 Å². The largest absolute Gasteiger partial charge is 0.496 e. The number of imidazole rings is 1. The van der Waals surface area contributed by atoms with Crippen molar-refractivity contribution in [1.82, 2.24) is 9.55 Å². The van der Waals surface area contributed by atoms with Crippen LogP contribution < -0.4 is 4.74 Å². The van der Waals surface area contributed by atoms with Gasteiger partial charge in [-0.15, -0.1) is 0 Å². The van der Waals surface area contributed by atoms with Crippen LogP contribution in [0.25, 0.3) is 11.0 Å².